The Kier molecular flexibility index (Phi) is 2.42. The van der Waals surface area contributed by atoms with Crippen LogP contribution in [0.5, 0.6) is 0 Å². The van der Waals surface area contributed by atoms with Crippen LogP contribution >= 0.6 is 11.6 Å². The molecule has 1 aromatic rings. The Labute approximate surface area is 82.9 Å². The minimum atomic E-state index is 0.269. The summed E-state index contributed by atoms with van der Waals surface area (Å²) >= 11 is 5.90. The molecule has 70 valence electrons. The Bertz CT molecular complexity index is 314. The van der Waals surface area contributed by atoms with Crippen molar-refractivity contribution in [1.29, 1.82) is 0 Å². The summed E-state index contributed by atoms with van der Waals surface area (Å²) in [6.45, 7) is 0.880. The van der Waals surface area contributed by atoms with Gasteiger partial charge in [0.1, 0.15) is 0 Å². The van der Waals surface area contributed by atoms with Crippen LogP contribution in [0.15, 0.2) is 18.2 Å². The van der Waals surface area contributed by atoms with E-state index in [0.717, 1.165) is 18.0 Å². The first-order chi connectivity index (χ1) is 6.29. The summed E-state index contributed by atoms with van der Waals surface area (Å²) in [7, 11) is 1.74. The molecule has 0 saturated carbocycles. The molecule has 1 atom stereocenters. The van der Waals surface area contributed by atoms with E-state index in [1.165, 1.54) is 11.3 Å². The van der Waals surface area contributed by atoms with E-state index in [-0.39, 0.29) is 6.10 Å². The normalized spacial score (nSPS) is 20.6. The van der Waals surface area contributed by atoms with Gasteiger partial charge in [0.15, 0.2) is 0 Å². The molecule has 1 N–H and O–H groups in total. The van der Waals surface area contributed by atoms with E-state index in [2.05, 4.69) is 5.32 Å². The van der Waals surface area contributed by atoms with Crippen LogP contribution in [0, 0.1) is 0 Å². The smallest absolute Gasteiger partial charge is 0.0784 e. The highest BCUT2D eigenvalue weighted by Crippen LogP contribution is 2.25. The minimum Gasteiger partial charge on any atom is -0.382 e. The van der Waals surface area contributed by atoms with Gasteiger partial charge in [-0.15, -0.1) is 0 Å². The first-order valence-electron chi connectivity index (χ1n) is 4.34. The number of fused-ring (bicyclic) bond motifs is 1. The fourth-order valence-corrected chi connectivity index (χ4v) is 1.81. The standard InChI is InChI=1S/C10H12ClNO/c1-13-9-5-7-4-8(11)2-3-10(7)12-6-9/h2-4,9,12H,5-6H2,1H3. The number of rotatable bonds is 1. The van der Waals surface area contributed by atoms with Gasteiger partial charge in [-0.3, -0.25) is 0 Å². The van der Waals surface area contributed by atoms with Crippen molar-refractivity contribution in [1.82, 2.24) is 0 Å². The lowest BCUT2D eigenvalue weighted by atomic mass is 10.0. The highest BCUT2D eigenvalue weighted by Gasteiger charge is 2.17. The Morgan fingerprint density at radius 1 is 1.54 bits per heavy atom. The molecule has 1 unspecified atom stereocenters. The summed E-state index contributed by atoms with van der Waals surface area (Å²) in [5.74, 6) is 0. The molecule has 2 rings (SSSR count). The number of nitrogens with one attached hydrogen (secondary N) is 1. The van der Waals surface area contributed by atoms with Crippen LogP contribution in [-0.2, 0) is 11.2 Å². The maximum absolute atomic E-state index is 5.90. The predicted molar refractivity (Wildman–Crippen MR) is 54.4 cm³/mol. The largest absolute Gasteiger partial charge is 0.382 e. The van der Waals surface area contributed by atoms with Crippen molar-refractivity contribution in [2.75, 3.05) is 19.0 Å². The molecule has 0 amide bonds. The van der Waals surface area contributed by atoms with E-state index in [0.29, 0.717) is 0 Å². The quantitative estimate of drug-likeness (QED) is 0.746. The summed E-state index contributed by atoms with van der Waals surface area (Å²) < 4.78 is 5.28. The zero-order chi connectivity index (χ0) is 9.26. The lowest BCUT2D eigenvalue weighted by Crippen LogP contribution is -2.29. The summed E-state index contributed by atoms with van der Waals surface area (Å²) in [5.41, 5.74) is 2.42. The third-order valence-electron chi connectivity index (χ3n) is 2.37. The first-order valence-corrected chi connectivity index (χ1v) is 4.72. The maximum Gasteiger partial charge on any atom is 0.0784 e. The fraction of sp³-hybridized carbons (Fsp3) is 0.400. The second-order valence-electron chi connectivity index (χ2n) is 3.24. The highest BCUT2D eigenvalue weighted by atomic mass is 35.5. The molecule has 3 heteroatoms. The van der Waals surface area contributed by atoms with Gasteiger partial charge in [-0.05, 0) is 23.8 Å². The monoisotopic (exact) mass is 197 g/mol. The molecule has 2 nitrogen and oxygen atoms in total. The predicted octanol–water partition coefficient (Wildman–Crippen LogP) is 2.32. The van der Waals surface area contributed by atoms with Crippen molar-refractivity contribution in [2.24, 2.45) is 0 Å². The average molecular weight is 198 g/mol. The molecule has 13 heavy (non-hydrogen) atoms. The number of hydrogen-bond acceptors (Lipinski definition) is 2. The minimum absolute atomic E-state index is 0.269. The first kappa shape index (κ1) is 8.85. The molecule has 1 aromatic carbocycles. The van der Waals surface area contributed by atoms with Crippen LogP contribution in [0.2, 0.25) is 5.02 Å². The van der Waals surface area contributed by atoms with E-state index in [1.54, 1.807) is 7.11 Å². The molecule has 1 aliphatic rings. The van der Waals surface area contributed by atoms with E-state index >= 15 is 0 Å². The SMILES string of the molecule is COC1CNc2ccc(Cl)cc2C1. The maximum atomic E-state index is 5.90. The van der Waals surface area contributed by atoms with Crippen molar-refractivity contribution in [2.45, 2.75) is 12.5 Å². The topological polar surface area (TPSA) is 21.3 Å². The van der Waals surface area contributed by atoms with E-state index in [4.69, 9.17) is 16.3 Å². The molecule has 0 fully saturated rings. The zero-order valence-electron chi connectivity index (χ0n) is 7.51. The van der Waals surface area contributed by atoms with Gasteiger partial charge in [-0.25, -0.2) is 0 Å². The molecule has 0 aromatic heterocycles. The molecule has 1 heterocycles. The van der Waals surface area contributed by atoms with Gasteiger partial charge in [-0.2, -0.15) is 0 Å². The number of benzene rings is 1. The second-order valence-corrected chi connectivity index (χ2v) is 3.68. The fourth-order valence-electron chi connectivity index (χ4n) is 1.61. The molecular weight excluding hydrogens is 186 g/mol. The second kappa shape index (κ2) is 3.56. The Hall–Kier alpha value is -0.730. The summed E-state index contributed by atoms with van der Waals surface area (Å²) in [5, 5.41) is 4.10. The third-order valence-corrected chi connectivity index (χ3v) is 2.60. The van der Waals surface area contributed by atoms with Gasteiger partial charge < -0.3 is 10.1 Å². The number of methoxy groups -OCH3 is 1. The number of ether oxygens (including phenoxy) is 1. The van der Waals surface area contributed by atoms with Gasteiger partial charge in [0.2, 0.25) is 0 Å². The van der Waals surface area contributed by atoms with Gasteiger partial charge in [0.05, 0.1) is 6.10 Å². The van der Waals surface area contributed by atoms with Crippen LogP contribution in [0.25, 0.3) is 0 Å². The number of anilines is 1. The van der Waals surface area contributed by atoms with Crippen LogP contribution in [0.1, 0.15) is 5.56 Å². The highest BCUT2D eigenvalue weighted by molar-refractivity contribution is 6.30. The summed E-state index contributed by atoms with van der Waals surface area (Å²) in [4.78, 5) is 0. The summed E-state index contributed by atoms with van der Waals surface area (Å²) in [6.07, 6.45) is 1.21. The van der Waals surface area contributed by atoms with Crippen molar-refractivity contribution in [3.8, 4) is 0 Å². The number of hydrogen-bond donors (Lipinski definition) is 1. The van der Waals surface area contributed by atoms with Crippen LogP contribution in [0.4, 0.5) is 5.69 Å². The molecule has 0 aliphatic carbocycles. The van der Waals surface area contributed by atoms with Gasteiger partial charge in [0, 0.05) is 30.8 Å². The Morgan fingerprint density at radius 3 is 3.15 bits per heavy atom. The van der Waals surface area contributed by atoms with Crippen molar-refractivity contribution < 1.29 is 4.74 Å². The Balaban J connectivity index is 2.27. The third kappa shape index (κ3) is 1.79. The van der Waals surface area contributed by atoms with Gasteiger partial charge >= 0.3 is 0 Å². The number of halogens is 1. The molecule has 1 aliphatic heterocycles. The van der Waals surface area contributed by atoms with Crippen molar-refractivity contribution >= 4 is 17.3 Å². The molecular formula is C10H12ClNO. The summed E-state index contributed by atoms with van der Waals surface area (Å²) in [6, 6.07) is 5.92. The molecule has 0 bridgehead atoms. The van der Waals surface area contributed by atoms with E-state index in [9.17, 15) is 0 Å². The van der Waals surface area contributed by atoms with E-state index in [1.807, 2.05) is 18.2 Å². The Morgan fingerprint density at radius 2 is 2.38 bits per heavy atom. The van der Waals surface area contributed by atoms with Crippen molar-refractivity contribution in [3.05, 3.63) is 28.8 Å². The lowest BCUT2D eigenvalue weighted by Gasteiger charge is -2.25. The van der Waals surface area contributed by atoms with Gasteiger partial charge in [-0.1, -0.05) is 11.6 Å². The van der Waals surface area contributed by atoms with E-state index < -0.39 is 0 Å². The molecule has 0 radical (unpaired) electrons. The molecule has 0 saturated heterocycles. The average Bonchev–Trinajstić information content (AvgIpc) is 2.16. The van der Waals surface area contributed by atoms with Gasteiger partial charge in [0.25, 0.3) is 0 Å². The van der Waals surface area contributed by atoms with Crippen LogP contribution < -0.4 is 5.32 Å². The van der Waals surface area contributed by atoms with Crippen LogP contribution in [0.3, 0.4) is 0 Å². The van der Waals surface area contributed by atoms with Crippen molar-refractivity contribution in [3.63, 3.8) is 0 Å². The van der Waals surface area contributed by atoms with Crippen LogP contribution in [-0.4, -0.2) is 19.8 Å². The lowest BCUT2D eigenvalue weighted by molar-refractivity contribution is 0.111. The zero-order valence-corrected chi connectivity index (χ0v) is 8.27. The molecule has 0 spiro atoms.